The number of aliphatic imine (C=N–C) groups is 1. The highest BCUT2D eigenvalue weighted by atomic mass is 16.5. The molecule has 0 aromatic heterocycles. The van der Waals surface area contributed by atoms with Crippen LogP contribution in [0.3, 0.4) is 0 Å². The lowest BCUT2D eigenvalue weighted by Gasteiger charge is -2.21. The van der Waals surface area contributed by atoms with Crippen molar-refractivity contribution in [3.05, 3.63) is 23.8 Å². The Balaban J connectivity index is 1.94. The minimum absolute atomic E-state index is 0.298. The number of methoxy groups -OCH3 is 1. The van der Waals surface area contributed by atoms with Crippen molar-refractivity contribution in [3.63, 3.8) is 0 Å². The number of para-hydroxylation sites is 1. The first kappa shape index (κ1) is 21.4. The number of hydrogen-bond acceptors (Lipinski definition) is 4. The van der Waals surface area contributed by atoms with E-state index in [9.17, 15) is 0 Å². The van der Waals surface area contributed by atoms with Gasteiger partial charge in [-0.2, -0.15) is 0 Å². The molecule has 0 aliphatic heterocycles. The first-order valence-corrected chi connectivity index (χ1v) is 10.2. The Hall–Kier alpha value is -1.95. The van der Waals surface area contributed by atoms with E-state index < -0.39 is 0 Å². The summed E-state index contributed by atoms with van der Waals surface area (Å²) < 4.78 is 11.8. The number of nitrogens with zero attached hydrogens (tertiary/aromatic N) is 2. The Morgan fingerprint density at radius 3 is 2.56 bits per heavy atom. The van der Waals surface area contributed by atoms with E-state index in [1.165, 1.54) is 12.8 Å². The summed E-state index contributed by atoms with van der Waals surface area (Å²) in [7, 11) is 3.50. The van der Waals surface area contributed by atoms with Crippen LogP contribution in [0.15, 0.2) is 23.2 Å². The second-order valence-electron chi connectivity index (χ2n) is 6.85. The van der Waals surface area contributed by atoms with Crippen LogP contribution >= 0.6 is 0 Å². The van der Waals surface area contributed by atoms with Gasteiger partial charge in [-0.25, -0.2) is 0 Å². The highest BCUT2D eigenvalue weighted by Gasteiger charge is 2.20. The molecule has 6 nitrogen and oxygen atoms in total. The van der Waals surface area contributed by atoms with Crippen LogP contribution in [0.1, 0.15) is 45.1 Å². The van der Waals surface area contributed by atoms with Crippen molar-refractivity contribution in [1.29, 1.82) is 0 Å². The van der Waals surface area contributed by atoms with Crippen molar-refractivity contribution in [3.8, 4) is 11.5 Å². The fraction of sp³-hybridized carbons (Fsp3) is 0.667. The third-order valence-corrected chi connectivity index (χ3v) is 5.15. The van der Waals surface area contributed by atoms with E-state index in [1.54, 1.807) is 14.2 Å². The zero-order valence-electron chi connectivity index (χ0n) is 17.4. The van der Waals surface area contributed by atoms with Gasteiger partial charge in [0.15, 0.2) is 17.5 Å². The molecule has 2 rings (SSSR count). The predicted octanol–water partition coefficient (Wildman–Crippen LogP) is 3.02. The Labute approximate surface area is 164 Å². The van der Waals surface area contributed by atoms with Gasteiger partial charge in [-0.3, -0.25) is 4.99 Å². The minimum atomic E-state index is 0.298. The lowest BCUT2D eigenvalue weighted by molar-refractivity contribution is 0.198. The normalized spacial score (nSPS) is 15.2. The molecule has 0 saturated heterocycles. The zero-order valence-corrected chi connectivity index (χ0v) is 17.4. The summed E-state index contributed by atoms with van der Waals surface area (Å²) in [5.74, 6) is 2.46. The second-order valence-corrected chi connectivity index (χ2v) is 6.85. The molecule has 27 heavy (non-hydrogen) atoms. The van der Waals surface area contributed by atoms with Gasteiger partial charge in [0, 0.05) is 32.2 Å². The molecule has 1 saturated carbocycles. The molecule has 0 radical (unpaired) electrons. The molecule has 1 fully saturated rings. The third-order valence-electron chi connectivity index (χ3n) is 5.15. The molecule has 1 aliphatic carbocycles. The first-order valence-electron chi connectivity index (χ1n) is 10.2. The van der Waals surface area contributed by atoms with E-state index in [1.807, 2.05) is 12.1 Å². The van der Waals surface area contributed by atoms with Crippen molar-refractivity contribution >= 4 is 5.96 Å². The van der Waals surface area contributed by atoms with E-state index in [0.717, 1.165) is 62.0 Å². The van der Waals surface area contributed by atoms with Crippen LogP contribution in [0.2, 0.25) is 0 Å². The molecule has 0 bridgehead atoms. The van der Waals surface area contributed by atoms with Crippen molar-refractivity contribution in [2.75, 3.05) is 40.3 Å². The molecule has 0 atom stereocenters. The smallest absolute Gasteiger partial charge is 0.191 e. The summed E-state index contributed by atoms with van der Waals surface area (Å²) in [4.78, 5) is 6.72. The molecule has 0 heterocycles. The topological polar surface area (TPSA) is 58.1 Å². The van der Waals surface area contributed by atoms with Crippen LogP contribution < -0.4 is 20.1 Å². The van der Waals surface area contributed by atoms with Gasteiger partial charge in [-0.05, 0) is 44.8 Å². The summed E-state index contributed by atoms with van der Waals surface area (Å²) in [5, 5.41) is 6.78. The molecule has 152 valence electrons. The second kappa shape index (κ2) is 11.7. The Bertz CT molecular complexity index is 582. The van der Waals surface area contributed by atoms with E-state index in [4.69, 9.17) is 9.47 Å². The summed E-state index contributed by atoms with van der Waals surface area (Å²) in [5.41, 5.74) is 1.09. The highest BCUT2D eigenvalue weighted by Crippen LogP contribution is 2.34. The molecular weight excluding hydrogens is 340 g/mol. The molecule has 1 aromatic carbocycles. The number of guanidine groups is 1. The monoisotopic (exact) mass is 376 g/mol. The maximum absolute atomic E-state index is 6.30. The summed E-state index contributed by atoms with van der Waals surface area (Å²) in [6.07, 6.45) is 5.04. The molecule has 0 spiro atoms. The predicted molar refractivity (Wildman–Crippen MR) is 112 cm³/mol. The van der Waals surface area contributed by atoms with E-state index >= 15 is 0 Å². The van der Waals surface area contributed by atoms with Gasteiger partial charge in [0.2, 0.25) is 0 Å². The van der Waals surface area contributed by atoms with Gasteiger partial charge < -0.3 is 25.0 Å². The van der Waals surface area contributed by atoms with Gasteiger partial charge in [0.05, 0.1) is 13.2 Å². The number of ether oxygens (including phenoxy) is 2. The number of benzene rings is 1. The quantitative estimate of drug-likeness (QED) is 0.486. The lowest BCUT2D eigenvalue weighted by atomic mass is 10.1. The molecule has 6 heteroatoms. The van der Waals surface area contributed by atoms with Crippen LogP contribution in [-0.2, 0) is 6.54 Å². The Morgan fingerprint density at radius 2 is 1.93 bits per heavy atom. The number of hydrogen-bond donors (Lipinski definition) is 2. The molecular formula is C21H36N4O2. The van der Waals surface area contributed by atoms with Crippen LogP contribution in [0, 0.1) is 0 Å². The van der Waals surface area contributed by atoms with E-state index in [2.05, 4.69) is 40.4 Å². The van der Waals surface area contributed by atoms with E-state index in [0.29, 0.717) is 12.6 Å². The highest BCUT2D eigenvalue weighted by molar-refractivity contribution is 5.79. The maximum atomic E-state index is 6.30. The molecule has 1 aliphatic rings. The number of rotatable bonds is 10. The SMILES string of the molecule is CCN(CC)CCNC(=NC)NCc1cccc(OC)c1OC1CCCC1. The van der Waals surface area contributed by atoms with E-state index in [-0.39, 0.29) is 0 Å². The van der Waals surface area contributed by atoms with Crippen LogP contribution in [0.25, 0.3) is 0 Å². The molecule has 0 unspecified atom stereocenters. The van der Waals surface area contributed by atoms with Crippen molar-refractivity contribution < 1.29 is 9.47 Å². The van der Waals surface area contributed by atoms with Crippen LogP contribution in [-0.4, -0.2) is 57.3 Å². The maximum Gasteiger partial charge on any atom is 0.191 e. The van der Waals surface area contributed by atoms with Gasteiger partial charge in [-0.15, -0.1) is 0 Å². The molecule has 0 amide bonds. The van der Waals surface area contributed by atoms with Gasteiger partial charge in [0.1, 0.15) is 0 Å². The third kappa shape index (κ3) is 6.61. The average molecular weight is 377 g/mol. The Kier molecular flexibility index (Phi) is 9.25. The summed E-state index contributed by atoms with van der Waals surface area (Å²) in [6.45, 7) is 9.01. The molecule has 2 N–H and O–H groups in total. The molecule has 1 aromatic rings. The summed E-state index contributed by atoms with van der Waals surface area (Å²) in [6, 6.07) is 6.06. The fourth-order valence-electron chi connectivity index (χ4n) is 3.44. The standard InChI is InChI=1S/C21H36N4O2/c1-5-25(6-2)15-14-23-21(22-3)24-16-17-10-9-13-19(26-4)20(17)27-18-11-7-8-12-18/h9-10,13,18H,5-8,11-12,14-16H2,1-4H3,(H2,22,23,24). The minimum Gasteiger partial charge on any atom is -0.493 e. The fourth-order valence-corrected chi connectivity index (χ4v) is 3.44. The van der Waals surface area contributed by atoms with Crippen molar-refractivity contribution in [1.82, 2.24) is 15.5 Å². The van der Waals surface area contributed by atoms with Gasteiger partial charge in [0.25, 0.3) is 0 Å². The number of likely N-dealkylation sites (N-methyl/N-ethyl adjacent to an activating group) is 1. The van der Waals surface area contributed by atoms with Crippen LogP contribution in [0.4, 0.5) is 0 Å². The summed E-state index contributed by atoms with van der Waals surface area (Å²) >= 11 is 0. The lowest BCUT2D eigenvalue weighted by Crippen LogP contribution is -2.41. The van der Waals surface area contributed by atoms with Gasteiger partial charge in [-0.1, -0.05) is 26.0 Å². The first-order chi connectivity index (χ1) is 13.2. The zero-order chi connectivity index (χ0) is 19.5. The van der Waals surface area contributed by atoms with Gasteiger partial charge >= 0.3 is 0 Å². The largest absolute Gasteiger partial charge is 0.493 e. The van der Waals surface area contributed by atoms with Crippen LogP contribution in [0.5, 0.6) is 11.5 Å². The Morgan fingerprint density at radius 1 is 1.19 bits per heavy atom. The van der Waals surface area contributed by atoms with Crippen molar-refractivity contribution in [2.24, 2.45) is 4.99 Å². The average Bonchev–Trinajstić information content (AvgIpc) is 3.21. The number of nitrogens with one attached hydrogen (secondary N) is 2. The van der Waals surface area contributed by atoms with Crippen molar-refractivity contribution in [2.45, 2.75) is 52.2 Å².